The van der Waals surface area contributed by atoms with Crippen LogP contribution in [0.5, 0.6) is 0 Å². The van der Waals surface area contributed by atoms with Crippen molar-refractivity contribution in [1.29, 1.82) is 0 Å². The van der Waals surface area contributed by atoms with Gasteiger partial charge in [-0.15, -0.1) is 0 Å². The molecule has 3 N–H and O–H groups in total. The molecular formula is C17H22N2O2. The molecule has 0 bridgehead atoms. The number of benzene rings is 1. The zero-order chi connectivity index (χ0) is 15.1. The first-order valence-corrected chi connectivity index (χ1v) is 7.40. The van der Waals surface area contributed by atoms with E-state index in [1.165, 1.54) is 0 Å². The van der Waals surface area contributed by atoms with E-state index >= 15 is 0 Å². The van der Waals surface area contributed by atoms with Crippen LogP contribution in [0.15, 0.2) is 18.2 Å². The lowest BCUT2D eigenvalue weighted by Gasteiger charge is -2.10. The maximum atomic E-state index is 12.1. The third-order valence-corrected chi connectivity index (χ3v) is 3.60. The Morgan fingerprint density at radius 2 is 2.38 bits per heavy atom. The van der Waals surface area contributed by atoms with Crippen LogP contribution in [0.25, 0.3) is 0 Å². The summed E-state index contributed by atoms with van der Waals surface area (Å²) in [7, 11) is 0. The molecule has 1 aliphatic rings. The average Bonchev–Trinajstić information content (AvgIpc) is 2.99. The standard InChI is InChI=1S/C17H22N2O2/c1-13-6-7-15(12-14(13)4-2-9-18)17(20)19-10-8-16-5-3-11-21-16/h6-7,12,16H,3,5,8-11,18H2,1H3,(H,19,20). The second kappa shape index (κ2) is 7.82. The summed E-state index contributed by atoms with van der Waals surface area (Å²) in [5, 5.41) is 2.94. The molecule has 1 saturated heterocycles. The molecular weight excluding hydrogens is 264 g/mol. The number of nitrogens with two attached hydrogens (primary N) is 1. The number of nitrogens with one attached hydrogen (secondary N) is 1. The first-order chi connectivity index (χ1) is 10.2. The van der Waals surface area contributed by atoms with E-state index in [0.29, 0.717) is 24.8 Å². The molecule has 1 fully saturated rings. The van der Waals surface area contributed by atoms with Crippen LogP contribution in [0, 0.1) is 18.8 Å². The molecule has 4 heteroatoms. The van der Waals surface area contributed by atoms with Crippen LogP contribution in [0.2, 0.25) is 0 Å². The van der Waals surface area contributed by atoms with Crippen molar-refractivity contribution in [2.75, 3.05) is 19.7 Å². The first-order valence-electron chi connectivity index (χ1n) is 7.40. The van der Waals surface area contributed by atoms with Crippen molar-refractivity contribution in [3.05, 3.63) is 34.9 Å². The quantitative estimate of drug-likeness (QED) is 0.826. The highest BCUT2D eigenvalue weighted by atomic mass is 16.5. The summed E-state index contributed by atoms with van der Waals surface area (Å²) < 4.78 is 5.54. The molecule has 0 saturated carbocycles. The number of carbonyl (C=O) groups excluding carboxylic acids is 1. The van der Waals surface area contributed by atoms with Gasteiger partial charge in [0.15, 0.2) is 0 Å². The fraction of sp³-hybridized carbons (Fsp3) is 0.471. The minimum Gasteiger partial charge on any atom is -0.378 e. The maximum Gasteiger partial charge on any atom is 0.251 e. The van der Waals surface area contributed by atoms with E-state index in [1.807, 2.05) is 25.1 Å². The van der Waals surface area contributed by atoms with Crippen molar-refractivity contribution >= 4 is 5.91 Å². The lowest BCUT2D eigenvalue weighted by Crippen LogP contribution is -2.27. The van der Waals surface area contributed by atoms with Crippen molar-refractivity contribution < 1.29 is 9.53 Å². The highest BCUT2D eigenvalue weighted by Gasteiger charge is 2.15. The van der Waals surface area contributed by atoms with Crippen LogP contribution < -0.4 is 11.1 Å². The van der Waals surface area contributed by atoms with Crippen molar-refractivity contribution in [3.8, 4) is 11.8 Å². The molecule has 1 heterocycles. The summed E-state index contributed by atoms with van der Waals surface area (Å²) >= 11 is 0. The summed E-state index contributed by atoms with van der Waals surface area (Å²) in [6.45, 7) is 3.78. The van der Waals surface area contributed by atoms with Gasteiger partial charge in [0, 0.05) is 24.3 Å². The summed E-state index contributed by atoms with van der Waals surface area (Å²) in [4.78, 5) is 12.1. The molecule has 2 rings (SSSR count). The van der Waals surface area contributed by atoms with Gasteiger partial charge in [0.05, 0.1) is 12.6 Å². The largest absolute Gasteiger partial charge is 0.378 e. The van der Waals surface area contributed by atoms with Gasteiger partial charge in [-0.1, -0.05) is 17.9 Å². The van der Waals surface area contributed by atoms with E-state index in [4.69, 9.17) is 10.5 Å². The SMILES string of the molecule is Cc1ccc(C(=O)NCCC2CCCO2)cc1C#CCN. The predicted molar refractivity (Wildman–Crippen MR) is 83.0 cm³/mol. The number of rotatable bonds is 4. The van der Waals surface area contributed by atoms with Crippen LogP contribution in [-0.4, -0.2) is 31.7 Å². The van der Waals surface area contributed by atoms with Crippen LogP contribution in [0.1, 0.15) is 40.7 Å². The van der Waals surface area contributed by atoms with E-state index in [2.05, 4.69) is 17.2 Å². The van der Waals surface area contributed by atoms with Gasteiger partial charge in [-0.25, -0.2) is 0 Å². The van der Waals surface area contributed by atoms with E-state index in [0.717, 1.165) is 37.0 Å². The van der Waals surface area contributed by atoms with E-state index < -0.39 is 0 Å². The smallest absolute Gasteiger partial charge is 0.251 e. The lowest BCUT2D eigenvalue weighted by molar-refractivity contribution is 0.0907. The number of hydrogen-bond acceptors (Lipinski definition) is 3. The molecule has 1 amide bonds. The molecule has 4 nitrogen and oxygen atoms in total. The number of carbonyl (C=O) groups is 1. The third kappa shape index (κ3) is 4.59. The number of ether oxygens (including phenoxy) is 1. The lowest BCUT2D eigenvalue weighted by atomic mass is 10.0. The monoisotopic (exact) mass is 286 g/mol. The normalized spacial score (nSPS) is 17.1. The fourth-order valence-corrected chi connectivity index (χ4v) is 2.36. The fourth-order valence-electron chi connectivity index (χ4n) is 2.36. The van der Waals surface area contributed by atoms with Gasteiger partial charge in [0.2, 0.25) is 0 Å². The minimum atomic E-state index is -0.0659. The van der Waals surface area contributed by atoms with E-state index in [1.54, 1.807) is 0 Å². The molecule has 1 atom stereocenters. The Hall–Kier alpha value is -1.83. The Morgan fingerprint density at radius 1 is 1.52 bits per heavy atom. The Bertz CT molecular complexity index is 552. The number of aryl methyl sites for hydroxylation is 1. The molecule has 21 heavy (non-hydrogen) atoms. The van der Waals surface area contributed by atoms with E-state index in [9.17, 15) is 4.79 Å². The number of amides is 1. The predicted octanol–water partition coefficient (Wildman–Crippen LogP) is 1.60. The van der Waals surface area contributed by atoms with Crippen molar-refractivity contribution in [1.82, 2.24) is 5.32 Å². The first kappa shape index (κ1) is 15.6. The van der Waals surface area contributed by atoms with Crippen LogP contribution in [-0.2, 0) is 4.74 Å². The molecule has 0 aromatic heterocycles. The molecule has 1 aliphatic heterocycles. The Morgan fingerprint density at radius 3 is 3.10 bits per heavy atom. The highest BCUT2D eigenvalue weighted by Crippen LogP contribution is 2.14. The minimum absolute atomic E-state index is 0.0659. The van der Waals surface area contributed by atoms with Gasteiger partial charge in [0.1, 0.15) is 0 Å². The molecule has 1 aromatic rings. The van der Waals surface area contributed by atoms with Gasteiger partial charge in [-0.3, -0.25) is 4.79 Å². The summed E-state index contributed by atoms with van der Waals surface area (Å²) in [6, 6.07) is 5.55. The van der Waals surface area contributed by atoms with Crippen LogP contribution in [0.3, 0.4) is 0 Å². The average molecular weight is 286 g/mol. The van der Waals surface area contributed by atoms with E-state index in [-0.39, 0.29) is 5.91 Å². The van der Waals surface area contributed by atoms with Gasteiger partial charge in [-0.05, 0) is 43.9 Å². The molecule has 0 radical (unpaired) electrons. The van der Waals surface area contributed by atoms with Crippen molar-refractivity contribution in [3.63, 3.8) is 0 Å². The second-order valence-corrected chi connectivity index (χ2v) is 5.22. The summed E-state index contributed by atoms with van der Waals surface area (Å²) in [5.74, 6) is 5.75. The highest BCUT2D eigenvalue weighted by molar-refractivity contribution is 5.94. The Labute approximate surface area is 126 Å². The molecule has 0 aliphatic carbocycles. The second-order valence-electron chi connectivity index (χ2n) is 5.22. The van der Waals surface area contributed by atoms with Crippen LogP contribution >= 0.6 is 0 Å². The molecule has 0 spiro atoms. The topological polar surface area (TPSA) is 64.3 Å². The van der Waals surface area contributed by atoms with Gasteiger partial charge in [0.25, 0.3) is 5.91 Å². The zero-order valence-electron chi connectivity index (χ0n) is 12.4. The summed E-state index contributed by atoms with van der Waals surface area (Å²) in [6.07, 6.45) is 3.39. The molecule has 1 unspecified atom stereocenters. The Kier molecular flexibility index (Phi) is 5.79. The number of hydrogen-bond donors (Lipinski definition) is 2. The van der Waals surface area contributed by atoms with Crippen molar-refractivity contribution in [2.45, 2.75) is 32.3 Å². The molecule has 112 valence electrons. The maximum absolute atomic E-state index is 12.1. The van der Waals surface area contributed by atoms with Crippen molar-refractivity contribution in [2.24, 2.45) is 5.73 Å². The van der Waals surface area contributed by atoms with Gasteiger partial charge >= 0.3 is 0 Å². The Balaban J connectivity index is 1.92. The van der Waals surface area contributed by atoms with Crippen LogP contribution in [0.4, 0.5) is 0 Å². The molecule has 1 aromatic carbocycles. The van der Waals surface area contributed by atoms with Gasteiger partial charge < -0.3 is 15.8 Å². The van der Waals surface area contributed by atoms with Gasteiger partial charge in [-0.2, -0.15) is 0 Å². The third-order valence-electron chi connectivity index (χ3n) is 3.60. The summed E-state index contributed by atoms with van der Waals surface area (Å²) in [5.41, 5.74) is 7.92. The zero-order valence-corrected chi connectivity index (χ0v) is 12.4.